The molecule has 0 unspecified atom stereocenters. The lowest BCUT2D eigenvalue weighted by Crippen LogP contribution is -3.06. The first-order valence-corrected chi connectivity index (χ1v) is 7.67. The number of carbonyl (C=O) groups excluding carboxylic acids is 1. The second-order valence-corrected chi connectivity index (χ2v) is 5.45. The summed E-state index contributed by atoms with van der Waals surface area (Å²) in [5.41, 5.74) is 0.304. The lowest BCUT2D eigenvalue weighted by molar-refractivity contribution is -0.860. The number of pyridine rings is 1. The standard InChI is InChI=1S/C15H25N5O2/c1-20(2)12-6-9-16-8-5-11-18-15(21)14(19-22)13-7-3-4-10-17-13/h3-4,7,10,16,22H,5-6,8-9,11-12H2,1-2H3,(H,18,21)/p+2/b19-14-. The van der Waals surface area contributed by atoms with Gasteiger partial charge in [-0.3, -0.25) is 9.78 Å². The van der Waals surface area contributed by atoms with Gasteiger partial charge in [0.1, 0.15) is 0 Å². The van der Waals surface area contributed by atoms with E-state index in [-0.39, 0.29) is 5.71 Å². The molecule has 0 bridgehead atoms. The summed E-state index contributed by atoms with van der Waals surface area (Å²) >= 11 is 0. The molecule has 1 aromatic heterocycles. The van der Waals surface area contributed by atoms with Gasteiger partial charge >= 0.3 is 0 Å². The Kier molecular flexibility index (Phi) is 8.78. The van der Waals surface area contributed by atoms with E-state index in [1.807, 2.05) is 0 Å². The van der Waals surface area contributed by atoms with Crippen LogP contribution in [0.2, 0.25) is 0 Å². The van der Waals surface area contributed by atoms with E-state index in [2.05, 4.69) is 34.9 Å². The fourth-order valence-corrected chi connectivity index (χ4v) is 1.99. The number of aromatic nitrogens is 1. The first kappa shape index (κ1) is 18.1. The summed E-state index contributed by atoms with van der Waals surface area (Å²) in [6.07, 6.45) is 3.62. The van der Waals surface area contributed by atoms with Crippen molar-refractivity contribution in [3.63, 3.8) is 0 Å². The van der Waals surface area contributed by atoms with Gasteiger partial charge in [0.05, 0.1) is 39.4 Å². The number of hydrogen-bond donors (Lipinski definition) is 4. The molecular weight excluding hydrogens is 282 g/mol. The molecule has 1 heterocycles. The topological polar surface area (TPSA) is 95.6 Å². The zero-order valence-corrected chi connectivity index (χ0v) is 13.4. The summed E-state index contributed by atoms with van der Waals surface area (Å²) in [5.74, 6) is -0.405. The van der Waals surface area contributed by atoms with Gasteiger partial charge in [0.15, 0.2) is 5.71 Å². The molecule has 0 saturated heterocycles. The molecule has 0 atom stereocenters. The maximum atomic E-state index is 11.9. The van der Waals surface area contributed by atoms with Crippen molar-refractivity contribution >= 4 is 11.6 Å². The normalized spacial score (nSPS) is 11.7. The summed E-state index contributed by atoms with van der Waals surface area (Å²) in [6.45, 7) is 3.81. The largest absolute Gasteiger partial charge is 0.410 e. The zero-order chi connectivity index (χ0) is 16.2. The minimum Gasteiger partial charge on any atom is -0.410 e. The number of hydrogen-bond acceptors (Lipinski definition) is 4. The molecule has 0 saturated carbocycles. The van der Waals surface area contributed by atoms with Crippen molar-refractivity contribution in [1.29, 1.82) is 0 Å². The minimum absolute atomic E-state index is 0.0569. The smallest absolute Gasteiger partial charge is 0.275 e. The van der Waals surface area contributed by atoms with Crippen molar-refractivity contribution in [1.82, 2.24) is 10.3 Å². The summed E-state index contributed by atoms with van der Waals surface area (Å²) < 4.78 is 0. The Bertz CT molecular complexity index is 462. The van der Waals surface area contributed by atoms with Gasteiger partial charge < -0.3 is 20.7 Å². The predicted octanol–water partition coefficient (Wildman–Crippen LogP) is -2.14. The van der Waals surface area contributed by atoms with Gasteiger partial charge in [0.25, 0.3) is 5.91 Å². The van der Waals surface area contributed by atoms with Crippen LogP contribution in [0.25, 0.3) is 0 Å². The van der Waals surface area contributed by atoms with Crippen LogP contribution in [0.3, 0.4) is 0 Å². The van der Waals surface area contributed by atoms with E-state index in [1.165, 1.54) is 17.9 Å². The van der Waals surface area contributed by atoms with Gasteiger partial charge in [-0.1, -0.05) is 11.2 Å². The average Bonchev–Trinajstić information content (AvgIpc) is 2.51. The molecular formula is C15H27N5O2+2. The molecule has 0 radical (unpaired) electrons. The fraction of sp³-hybridized carbons (Fsp3) is 0.533. The maximum absolute atomic E-state index is 11.9. The molecule has 0 aliphatic heterocycles. The summed E-state index contributed by atoms with van der Waals surface area (Å²) in [5, 5.41) is 17.0. The summed E-state index contributed by atoms with van der Waals surface area (Å²) in [6, 6.07) is 5.12. The highest BCUT2D eigenvalue weighted by Gasteiger charge is 2.15. The second-order valence-electron chi connectivity index (χ2n) is 5.45. The van der Waals surface area contributed by atoms with Crippen molar-refractivity contribution in [2.75, 3.05) is 40.3 Å². The zero-order valence-electron chi connectivity index (χ0n) is 13.4. The monoisotopic (exact) mass is 309 g/mol. The molecule has 0 aliphatic rings. The van der Waals surface area contributed by atoms with Gasteiger partial charge in [-0.25, -0.2) is 0 Å². The molecule has 1 rings (SSSR count). The Morgan fingerprint density at radius 2 is 2.14 bits per heavy atom. The molecule has 0 fully saturated rings. The number of nitrogens with two attached hydrogens (primary N) is 1. The minimum atomic E-state index is -0.405. The van der Waals surface area contributed by atoms with Crippen LogP contribution in [-0.4, -0.2) is 62.1 Å². The van der Waals surface area contributed by atoms with Crippen LogP contribution in [0.1, 0.15) is 18.5 Å². The molecule has 1 amide bonds. The van der Waals surface area contributed by atoms with E-state index in [0.29, 0.717) is 12.2 Å². The fourth-order valence-electron chi connectivity index (χ4n) is 1.99. The van der Waals surface area contributed by atoms with Crippen molar-refractivity contribution in [2.24, 2.45) is 5.16 Å². The maximum Gasteiger partial charge on any atom is 0.275 e. The van der Waals surface area contributed by atoms with Crippen LogP contribution in [-0.2, 0) is 4.79 Å². The second kappa shape index (κ2) is 10.7. The Morgan fingerprint density at radius 1 is 1.36 bits per heavy atom. The number of nitrogens with zero attached hydrogens (tertiary/aromatic N) is 2. The molecule has 7 nitrogen and oxygen atoms in total. The molecule has 22 heavy (non-hydrogen) atoms. The Hall–Kier alpha value is -1.99. The first-order chi connectivity index (χ1) is 10.6. The quantitative estimate of drug-likeness (QED) is 0.172. The van der Waals surface area contributed by atoms with Gasteiger partial charge in [-0.2, -0.15) is 0 Å². The highest BCUT2D eigenvalue weighted by molar-refractivity contribution is 6.44. The van der Waals surface area contributed by atoms with Crippen LogP contribution in [0.4, 0.5) is 0 Å². The van der Waals surface area contributed by atoms with E-state index in [9.17, 15) is 4.79 Å². The van der Waals surface area contributed by atoms with Crippen LogP contribution in [0.15, 0.2) is 29.6 Å². The summed E-state index contributed by atoms with van der Waals surface area (Å²) in [4.78, 5) is 17.4. The van der Waals surface area contributed by atoms with Crippen LogP contribution in [0.5, 0.6) is 0 Å². The van der Waals surface area contributed by atoms with E-state index in [0.717, 1.165) is 19.5 Å². The third-order valence-corrected chi connectivity index (χ3v) is 3.18. The van der Waals surface area contributed by atoms with Crippen LogP contribution >= 0.6 is 0 Å². The Labute approximate surface area is 131 Å². The number of amides is 1. The van der Waals surface area contributed by atoms with Gasteiger partial charge in [-0.15, -0.1) is 0 Å². The SMILES string of the molecule is C[NH+](C)CCC[NH2+]CCCNC(=O)/C(=N\O)c1ccccn1. The highest BCUT2D eigenvalue weighted by atomic mass is 16.4. The van der Waals surface area contributed by atoms with Crippen LogP contribution in [0, 0.1) is 0 Å². The first-order valence-electron chi connectivity index (χ1n) is 7.67. The molecule has 122 valence electrons. The lowest BCUT2D eigenvalue weighted by Gasteiger charge is -2.07. The molecule has 0 spiro atoms. The Morgan fingerprint density at radius 3 is 2.77 bits per heavy atom. The van der Waals surface area contributed by atoms with Crippen molar-refractivity contribution in [3.05, 3.63) is 30.1 Å². The third-order valence-electron chi connectivity index (χ3n) is 3.18. The van der Waals surface area contributed by atoms with Gasteiger partial charge in [-0.05, 0) is 12.1 Å². The van der Waals surface area contributed by atoms with Crippen molar-refractivity contribution < 1.29 is 20.2 Å². The molecule has 7 heteroatoms. The molecule has 0 aromatic carbocycles. The number of oxime groups is 1. The van der Waals surface area contributed by atoms with Gasteiger partial charge in [0.2, 0.25) is 0 Å². The number of quaternary nitrogens is 2. The summed E-state index contributed by atoms with van der Waals surface area (Å²) in [7, 11) is 4.30. The van der Waals surface area contributed by atoms with Gasteiger partial charge in [0, 0.05) is 25.6 Å². The van der Waals surface area contributed by atoms with E-state index >= 15 is 0 Å². The number of rotatable bonds is 10. The Balaban J connectivity index is 2.18. The van der Waals surface area contributed by atoms with E-state index < -0.39 is 5.91 Å². The molecule has 5 N–H and O–H groups in total. The van der Waals surface area contributed by atoms with Crippen molar-refractivity contribution in [2.45, 2.75) is 12.8 Å². The highest BCUT2D eigenvalue weighted by Crippen LogP contribution is 1.96. The molecule has 0 aliphatic carbocycles. The van der Waals surface area contributed by atoms with E-state index in [4.69, 9.17) is 5.21 Å². The lowest BCUT2D eigenvalue weighted by atomic mass is 10.2. The van der Waals surface area contributed by atoms with Crippen molar-refractivity contribution in [3.8, 4) is 0 Å². The number of carbonyl (C=O) groups is 1. The third kappa shape index (κ3) is 7.14. The van der Waals surface area contributed by atoms with Crippen LogP contribution < -0.4 is 15.5 Å². The molecule has 1 aromatic rings. The predicted molar refractivity (Wildman–Crippen MR) is 84.1 cm³/mol. The number of nitrogens with one attached hydrogen (secondary N) is 2. The average molecular weight is 309 g/mol. The van der Waals surface area contributed by atoms with E-state index in [1.54, 1.807) is 24.4 Å².